The Labute approximate surface area is 102 Å². The Balaban J connectivity index is 2.01. The van der Waals surface area contributed by atoms with Crippen molar-refractivity contribution in [3.05, 3.63) is 23.3 Å². The fourth-order valence-electron chi connectivity index (χ4n) is 1.95. The maximum absolute atomic E-state index is 5.58. The van der Waals surface area contributed by atoms with Gasteiger partial charge in [-0.1, -0.05) is 0 Å². The monoisotopic (exact) mass is 236 g/mol. The molecule has 0 atom stereocenters. The largest absolute Gasteiger partial charge is 0.486 e. The Morgan fingerprint density at radius 1 is 1.18 bits per heavy atom. The van der Waals surface area contributed by atoms with Gasteiger partial charge in [0.15, 0.2) is 11.5 Å². The Morgan fingerprint density at radius 3 is 2.59 bits per heavy atom. The number of aryl methyl sites for hydroxylation is 1. The van der Waals surface area contributed by atoms with Crippen LogP contribution in [0.25, 0.3) is 0 Å². The zero-order valence-corrected chi connectivity index (χ0v) is 10.3. The van der Waals surface area contributed by atoms with E-state index in [2.05, 4.69) is 24.4 Å². The maximum Gasteiger partial charge on any atom is 0.161 e. The molecule has 0 fully saturated rings. The molecule has 1 heterocycles. The second-order valence-corrected chi connectivity index (χ2v) is 4.21. The molecule has 94 valence electrons. The van der Waals surface area contributed by atoms with Gasteiger partial charge in [0.25, 0.3) is 0 Å². The topological polar surface area (TPSA) is 56.5 Å². The molecule has 1 aromatic rings. The van der Waals surface area contributed by atoms with Gasteiger partial charge in [-0.05, 0) is 43.1 Å². The molecule has 1 aliphatic heterocycles. The normalized spacial score (nSPS) is 13.8. The van der Waals surface area contributed by atoms with Crippen LogP contribution in [0.5, 0.6) is 11.5 Å². The van der Waals surface area contributed by atoms with Gasteiger partial charge in [0, 0.05) is 13.1 Å². The van der Waals surface area contributed by atoms with Gasteiger partial charge in [-0.2, -0.15) is 0 Å². The molecule has 0 saturated carbocycles. The third kappa shape index (κ3) is 3.11. The zero-order valence-electron chi connectivity index (χ0n) is 10.3. The summed E-state index contributed by atoms with van der Waals surface area (Å²) in [5, 5.41) is 3.29. The smallest absolute Gasteiger partial charge is 0.161 e. The average molecular weight is 236 g/mol. The van der Waals surface area contributed by atoms with Crippen LogP contribution in [0.4, 0.5) is 0 Å². The van der Waals surface area contributed by atoms with E-state index in [0.29, 0.717) is 19.8 Å². The van der Waals surface area contributed by atoms with Gasteiger partial charge in [0.05, 0.1) is 0 Å². The predicted octanol–water partition coefficient (Wildman–Crippen LogP) is 0.857. The molecule has 0 saturated heterocycles. The second-order valence-electron chi connectivity index (χ2n) is 4.21. The summed E-state index contributed by atoms with van der Waals surface area (Å²) in [6.45, 7) is 5.88. The van der Waals surface area contributed by atoms with Crippen molar-refractivity contribution in [2.75, 3.05) is 32.8 Å². The van der Waals surface area contributed by atoms with E-state index in [9.17, 15) is 0 Å². The Bertz CT molecular complexity index is 380. The molecule has 0 amide bonds. The summed E-state index contributed by atoms with van der Waals surface area (Å²) >= 11 is 0. The minimum atomic E-state index is 0.640. The Morgan fingerprint density at radius 2 is 1.88 bits per heavy atom. The summed E-state index contributed by atoms with van der Waals surface area (Å²) < 4.78 is 11.1. The van der Waals surface area contributed by atoms with Crippen LogP contribution in [0.15, 0.2) is 12.1 Å². The highest BCUT2D eigenvalue weighted by atomic mass is 16.6. The summed E-state index contributed by atoms with van der Waals surface area (Å²) in [4.78, 5) is 0. The van der Waals surface area contributed by atoms with Crippen LogP contribution in [-0.2, 0) is 6.42 Å². The highest BCUT2D eigenvalue weighted by Crippen LogP contribution is 2.32. The zero-order chi connectivity index (χ0) is 12.1. The number of nitrogens with one attached hydrogen (secondary N) is 1. The molecule has 0 unspecified atom stereocenters. The van der Waals surface area contributed by atoms with Crippen molar-refractivity contribution in [2.24, 2.45) is 5.73 Å². The van der Waals surface area contributed by atoms with Crippen LogP contribution in [0.2, 0.25) is 0 Å². The molecular formula is C13H20N2O2. The molecule has 3 N–H and O–H groups in total. The molecule has 17 heavy (non-hydrogen) atoms. The van der Waals surface area contributed by atoms with Crippen molar-refractivity contribution in [1.82, 2.24) is 5.32 Å². The lowest BCUT2D eigenvalue weighted by molar-refractivity contribution is 0.171. The first-order valence-corrected chi connectivity index (χ1v) is 6.11. The number of benzene rings is 1. The molecule has 4 heteroatoms. The number of ether oxygens (including phenoxy) is 2. The van der Waals surface area contributed by atoms with Crippen molar-refractivity contribution < 1.29 is 9.47 Å². The first-order valence-electron chi connectivity index (χ1n) is 6.11. The fourth-order valence-corrected chi connectivity index (χ4v) is 1.95. The van der Waals surface area contributed by atoms with Crippen LogP contribution in [0, 0.1) is 6.92 Å². The van der Waals surface area contributed by atoms with E-state index in [0.717, 1.165) is 31.0 Å². The van der Waals surface area contributed by atoms with Gasteiger partial charge < -0.3 is 20.5 Å². The van der Waals surface area contributed by atoms with Crippen molar-refractivity contribution in [2.45, 2.75) is 13.3 Å². The summed E-state index contributed by atoms with van der Waals surface area (Å²) in [6.07, 6.45) is 0.989. The van der Waals surface area contributed by atoms with Crippen LogP contribution in [0.1, 0.15) is 11.1 Å². The molecule has 1 aromatic carbocycles. The summed E-state index contributed by atoms with van der Waals surface area (Å²) in [6, 6.07) is 4.15. The molecule has 0 aliphatic carbocycles. The third-order valence-corrected chi connectivity index (χ3v) is 2.89. The molecule has 0 bridgehead atoms. The number of rotatable bonds is 5. The van der Waals surface area contributed by atoms with Crippen molar-refractivity contribution in [3.8, 4) is 11.5 Å². The number of hydrogen-bond donors (Lipinski definition) is 2. The number of nitrogens with two attached hydrogens (primary N) is 1. The highest BCUT2D eigenvalue weighted by molar-refractivity contribution is 5.47. The van der Waals surface area contributed by atoms with E-state index in [1.807, 2.05) is 0 Å². The first-order chi connectivity index (χ1) is 8.31. The molecule has 0 spiro atoms. The number of fused-ring (bicyclic) bond motifs is 1. The molecular weight excluding hydrogens is 216 g/mol. The van der Waals surface area contributed by atoms with E-state index >= 15 is 0 Å². The van der Waals surface area contributed by atoms with Crippen molar-refractivity contribution in [1.29, 1.82) is 0 Å². The lowest BCUT2D eigenvalue weighted by atomic mass is 10.0. The van der Waals surface area contributed by atoms with Crippen LogP contribution >= 0.6 is 0 Å². The third-order valence-electron chi connectivity index (χ3n) is 2.89. The van der Waals surface area contributed by atoms with Gasteiger partial charge in [-0.25, -0.2) is 0 Å². The molecule has 1 aliphatic rings. The standard InChI is InChI=1S/C13H20N2O2/c1-10-8-12-13(17-7-6-16-12)9-11(10)2-4-15-5-3-14/h8-9,15H,2-7,14H2,1H3. The minimum Gasteiger partial charge on any atom is -0.486 e. The van der Waals surface area contributed by atoms with Crippen LogP contribution < -0.4 is 20.5 Å². The molecule has 2 rings (SSSR count). The summed E-state index contributed by atoms with van der Waals surface area (Å²) in [7, 11) is 0. The van der Waals surface area contributed by atoms with Crippen LogP contribution in [-0.4, -0.2) is 32.8 Å². The van der Waals surface area contributed by atoms with E-state index in [4.69, 9.17) is 15.2 Å². The highest BCUT2D eigenvalue weighted by Gasteiger charge is 2.13. The van der Waals surface area contributed by atoms with Gasteiger partial charge in [-0.3, -0.25) is 0 Å². The van der Waals surface area contributed by atoms with Crippen LogP contribution in [0.3, 0.4) is 0 Å². The first kappa shape index (κ1) is 12.2. The van der Waals surface area contributed by atoms with Crippen molar-refractivity contribution >= 4 is 0 Å². The fraction of sp³-hybridized carbons (Fsp3) is 0.538. The van der Waals surface area contributed by atoms with Gasteiger partial charge in [0.1, 0.15) is 13.2 Å². The predicted molar refractivity (Wildman–Crippen MR) is 67.8 cm³/mol. The van der Waals surface area contributed by atoms with E-state index < -0.39 is 0 Å². The molecule has 0 radical (unpaired) electrons. The average Bonchev–Trinajstić information content (AvgIpc) is 2.35. The Kier molecular flexibility index (Phi) is 4.23. The van der Waals surface area contributed by atoms with Gasteiger partial charge in [0.2, 0.25) is 0 Å². The SMILES string of the molecule is Cc1cc2c(cc1CCNCCN)OCCO2. The quantitative estimate of drug-likeness (QED) is 0.744. The number of hydrogen-bond acceptors (Lipinski definition) is 4. The summed E-state index contributed by atoms with van der Waals surface area (Å²) in [5.74, 6) is 1.74. The van der Waals surface area contributed by atoms with Crippen molar-refractivity contribution in [3.63, 3.8) is 0 Å². The van der Waals surface area contributed by atoms with Gasteiger partial charge >= 0.3 is 0 Å². The maximum atomic E-state index is 5.58. The van der Waals surface area contributed by atoms with E-state index in [-0.39, 0.29) is 0 Å². The second kappa shape index (κ2) is 5.89. The molecule has 0 aromatic heterocycles. The molecule has 4 nitrogen and oxygen atoms in total. The minimum absolute atomic E-state index is 0.640. The lowest BCUT2D eigenvalue weighted by Crippen LogP contribution is -2.24. The lowest BCUT2D eigenvalue weighted by Gasteiger charge is -2.20. The van der Waals surface area contributed by atoms with Gasteiger partial charge in [-0.15, -0.1) is 0 Å². The van der Waals surface area contributed by atoms with E-state index in [1.54, 1.807) is 0 Å². The van der Waals surface area contributed by atoms with E-state index in [1.165, 1.54) is 11.1 Å². The Hall–Kier alpha value is -1.26. The summed E-state index contributed by atoms with van der Waals surface area (Å²) in [5.41, 5.74) is 7.99.